The molecule has 3 aromatic rings. The number of ether oxygens (including phenoxy) is 1. The van der Waals surface area contributed by atoms with Crippen LogP contribution in [0.5, 0.6) is 6.01 Å². The zero-order valence-corrected chi connectivity index (χ0v) is 12.2. The molecule has 0 saturated heterocycles. The Morgan fingerprint density at radius 1 is 1.05 bits per heavy atom. The van der Waals surface area contributed by atoms with Crippen LogP contribution in [0.2, 0.25) is 10.3 Å². The van der Waals surface area contributed by atoms with E-state index in [1.165, 1.54) is 0 Å². The Bertz CT molecular complexity index is 731. The van der Waals surface area contributed by atoms with E-state index in [-0.39, 0.29) is 11.3 Å². The van der Waals surface area contributed by atoms with E-state index >= 15 is 0 Å². The molecule has 6 nitrogen and oxygen atoms in total. The number of aromatic nitrogens is 5. The van der Waals surface area contributed by atoms with Gasteiger partial charge in [-0.05, 0) is 29.3 Å². The molecule has 21 heavy (non-hydrogen) atoms. The lowest BCUT2D eigenvalue weighted by Crippen LogP contribution is -2.05. The lowest BCUT2D eigenvalue weighted by atomic mass is 10.2. The lowest BCUT2D eigenvalue weighted by Gasteiger charge is -2.06. The maximum Gasteiger partial charge on any atom is 0.322 e. The monoisotopic (exact) mass is 321 g/mol. The molecule has 0 saturated carbocycles. The summed E-state index contributed by atoms with van der Waals surface area (Å²) in [5.74, 6) is 0.346. The first-order chi connectivity index (χ1) is 10.2. The van der Waals surface area contributed by atoms with E-state index in [2.05, 4.69) is 19.9 Å². The quantitative estimate of drug-likeness (QED) is 0.739. The zero-order chi connectivity index (χ0) is 14.7. The molecule has 2 aromatic heterocycles. The summed E-state index contributed by atoms with van der Waals surface area (Å²) in [5, 5.41) is 0.726. The highest BCUT2D eigenvalue weighted by atomic mass is 35.5. The molecule has 106 valence electrons. The van der Waals surface area contributed by atoms with Crippen LogP contribution in [-0.2, 0) is 6.61 Å². The fraction of sp³-hybridized carbons (Fsp3) is 0.0769. The minimum atomic E-state index is 0.0554. The third kappa shape index (κ3) is 3.48. The third-order valence-corrected chi connectivity index (χ3v) is 3.01. The Kier molecular flexibility index (Phi) is 3.98. The first kappa shape index (κ1) is 13.8. The van der Waals surface area contributed by atoms with Gasteiger partial charge >= 0.3 is 6.01 Å². The molecule has 0 unspecified atom stereocenters. The van der Waals surface area contributed by atoms with Crippen LogP contribution in [0, 0.1) is 0 Å². The second-order valence-electron chi connectivity index (χ2n) is 4.07. The predicted molar refractivity (Wildman–Crippen MR) is 77.7 cm³/mol. The Morgan fingerprint density at radius 2 is 1.86 bits per heavy atom. The van der Waals surface area contributed by atoms with Crippen LogP contribution in [0.25, 0.3) is 5.95 Å². The molecule has 0 radical (unpaired) electrons. The van der Waals surface area contributed by atoms with Gasteiger partial charge in [0.1, 0.15) is 12.9 Å². The Labute approximate surface area is 130 Å². The summed E-state index contributed by atoms with van der Waals surface area (Å²) in [6.07, 6.45) is 4.88. The van der Waals surface area contributed by atoms with E-state index in [9.17, 15) is 0 Å². The summed E-state index contributed by atoms with van der Waals surface area (Å²) < 4.78 is 7.14. The van der Waals surface area contributed by atoms with Crippen LogP contribution in [0.4, 0.5) is 0 Å². The van der Waals surface area contributed by atoms with Crippen LogP contribution in [-0.4, -0.2) is 24.5 Å². The van der Waals surface area contributed by atoms with Gasteiger partial charge in [-0.1, -0.05) is 23.7 Å². The Hall–Kier alpha value is -2.18. The summed E-state index contributed by atoms with van der Waals surface area (Å²) in [5.41, 5.74) is 0.945. The van der Waals surface area contributed by atoms with E-state index in [1.54, 1.807) is 35.4 Å². The minimum absolute atomic E-state index is 0.0554. The van der Waals surface area contributed by atoms with Crippen molar-refractivity contribution in [1.29, 1.82) is 0 Å². The molecule has 0 aliphatic rings. The highest BCUT2D eigenvalue weighted by Gasteiger charge is 2.08. The van der Waals surface area contributed by atoms with Gasteiger partial charge in [-0.3, -0.25) is 4.57 Å². The Balaban J connectivity index is 1.78. The van der Waals surface area contributed by atoms with Crippen molar-refractivity contribution in [1.82, 2.24) is 24.5 Å². The van der Waals surface area contributed by atoms with Gasteiger partial charge in [-0.25, -0.2) is 4.98 Å². The molecule has 0 N–H and O–H groups in total. The number of nitrogens with zero attached hydrogens (tertiary/aromatic N) is 5. The van der Waals surface area contributed by atoms with Crippen molar-refractivity contribution in [3.05, 3.63) is 58.9 Å². The molecule has 0 aliphatic heterocycles. The van der Waals surface area contributed by atoms with Crippen molar-refractivity contribution in [3.63, 3.8) is 0 Å². The van der Waals surface area contributed by atoms with Crippen molar-refractivity contribution in [2.75, 3.05) is 0 Å². The lowest BCUT2D eigenvalue weighted by molar-refractivity contribution is 0.279. The molecule has 0 atom stereocenters. The van der Waals surface area contributed by atoms with Gasteiger partial charge in [0.2, 0.25) is 11.2 Å². The summed E-state index contributed by atoms with van der Waals surface area (Å²) in [6, 6.07) is 7.45. The largest absolute Gasteiger partial charge is 0.458 e. The molecule has 0 fully saturated rings. The fourth-order valence-corrected chi connectivity index (χ4v) is 1.88. The summed E-state index contributed by atoms with van der Waals surface area (Å²) in [4.78, 5) is 16.1. The van der Waals surface area contributed by atoms with E-state index in [1.807, 2.05) is 12.1 Å². The molecule has 0 bridgehead atoms. The standard InChI is InChI=1S/C13H9Cl2N5O/c14-10-3-1-9(2-4-10)7-21-13-18-11(15)17-12(19-13)20-6-5-16-8-20/h1-6,8H,7H2. The molecular weight excluding hydrogens is 313 g/mol. The maximum absolute atomic E-state index is 5.88. The van der Waals surface area contributed by atoms with Crippen LogP contribution in [0.3, 0.4) is 0 Å². The summed E-state index contributed by atoms with van der Waals surface area (Å²) >= 11 is 11.7. The number of halogens is 2. The molecule has 1 aromatic carbocycles. The number of benzene rings is 1. The number of imidazole rings is 1. The molecule has 8 heteroatoms. The van der Waals surface area contributed by atoms with Gasteiger partial charge in [0.15, 0.2) is 0 Å². The van der Waals surface area contributed by atoms with E-state index in [0.717, 1.165) is 5.56 Å². The zero-order valence-electron chi connectivity index (χ0n) is 10.6. The average molecular weight is 322 g/mol. The van der Waals surface area contributed by atoms with E-state index < -0.39 is 0 Å². The molecular formula is C13H9Cl2N5O. The predicted octanol–water partition coefficient (Wildman–Crippen LogP) is 2.94. The van der Waals surface area contributed by atoms with Crippen LogP contribution < -0.4 is 4.74 Å². The molecule has 0 spiro atoms. The molecule has 2 heterocycles. The molecule has 3 rings (SSSR count). The minimum Gasteiger partial charge on any atom is -0.458 e. The van der Waals surface area contributed by atoms with Crippen molar-refractivity contribution in [2.24, 2.45) is 0 Å². The van der Waals surface area contributed by atoms with E-state index in [4.69, 9.17) is 27.9 Å². The Morgan fingerprint density at radius 3 is 2.57 bits per heavy atom. The van der Waals surface area contributed by atoms with Crippen LogP contribution in [0.1, 0.15) is 5.56 Å². The SMILES string of the molecule is Clc1ccc(COc2nc(Cl)nc(-n3ccnc3)n2)cc1. The molecule has 0 aliphatic carbocycles. The third-order valence-electron chi connectivity index (χ3n) is 2.59. The van der Waals surface area contributed by atoms with Crippen molar-refractivity contribution < 1.29 is 4.74 Å². The van der Waals surface area contributed by atoms with Gasteiger partial charge < -0.3 is 4.74 Å². The maximum atomic E-state index is 5.88. The second kappa shape index (κ2) is 6.07. The van der Waals surface area contributed by atoms with E-state index in [0.29, 0.717) is 17.6 Å². The van der Waals surface area contributed by atoms with Crippen molar-refractivity contribution >= 4 is 23.2 Å². The van der Waals surface area contributed by atoms with Crippen LogP contribution in [0.15, 0.2) is 43.0 Å². The van der Waals surface area contributed by atoms with Gasteiger partial charge in [-0.2, -0.15) is 15.0 Å². The van der Waals surface area contributed by atoms with Gasteiger partial charge in [0.05, 0.1) is 0 Å². The van der Waals surface area contributed by atoms with Crippen molar-refractivity contribution in [3.8, 4) is 12.0 Å². The van der Waals surface area contributed by atoms with Crippen LogP contribution >= 0.6 is 23.2 Å². The normalized spacial score (nSPS) is 10.6. The number of hydrogen-bond donors (Lipinski definition) is 0. The second-order valence-corrected chi connectivity index (χ2v) is 4.85. The fourth-order valence-electron chi connectivity index (χ4n) is 1.61. The first-order valence-corrected chi connectivity index (χ1v) is 6.73. The number of rotatable bonds is 4. The van der Waals surface area contributed by atoms with Gasteiger partial charge in [0, 0.05) is 17.4 Å². The first-order valence-electron chi connectivity index (χ1n) is 5.98. The van der Waals surface area contributed by atoms with Crippen molar-refractivity contribution in [2.45, 2.75) is 6.61 Å². The number of hydrogen-bond acceptors (Lipinski definition) is 5. The van der Waals surface area contributed by atoms with Gasteiger partial charge in [0.25, 0.3) is 0 Å². The topological polar surface area (TPSA) is 65.7 Å². The average Bonchev–Trinajstić information content (AvgIpc) is 3.00. The summed E-state index contributed by atoms with van der Waals surface area (Å²) in [6.45, 7) is 0.306. The smallest absolute Gasteiger partial charge is 0.322 e. The summed E-state index contributed by atoms with van der Waals surface area (Å²) in [7, 11) is 0. The van der Waals surface area contributed by atoms with Gasteiger partial charge in [-0.15, -0.1) is 0 Å². The highest BCUT2D eigenvalue weighted by Crippen LogP contribution is 2.14. The highest BCUT2D eigenvalue weighted by molar-refractivity contribution is 6.30. The molecule has 0 amide bonds.